The average molecular weight is 207 g/mol. The Bertz CT molecular complexity index is 190. The number of hydrogen-bond acceptors (Lipinski definition) is 1. The Labute approximate surface area is 94.3 Å². The summed E-state index contributed by atoms with van der Waals surface area (Å²) in [5.41, 5.74) is 0. The predicted octanol–water partition coefficient (Wildman–Crippen LogP) is 3.80. The summed E-state index contributed by atoms with van der Waals surface area (Å²) < 4.78 is 0. The maximum atomic E-state index is 3.84. The fraction of sp³-hybridized carbons (Fsp3) is 0.857. The summed E-state index contributed by atoms with van der Waals surface area (Å²) in [6.45, 7) is 0. The van der Waals surface area contributed by atoms with Crippen LogP contribution in [0.5, 0.6) is 0 Å². The summed E-state index contributed by atoms with van der Waals surface area (Å²) in [4.78, 5) is 0. The lowest BCUT2D eigenvalue weighted by Gasteiger charge is -2.27. The Morgan fingerprint density at radius 1 is 0.800 bits per heavy atom. The summed E-state index contributed by atoms with van der Waals surface area (Å²) in [6, 6.07) is 1.49. The predicted molar refractivity (Wildman–Crippen MR) is 66.0 cm³/mol. The minimum atomic E-state index is 0.683. The Morgan fingerprint density at radius 2 is 1.53 bits per heavy atom. The summed E-state index contributed by atoms with van der Waals surface area (Å²) in [5.74, 6) is 0. The van der Waals surface area contributed by atoms with Crippen LogP contribution in [0.15, 0.2) is 12.2 Å². The van der Waals surface area contributed by atoms with E-state index in [1.54, 1.807) is 0 Å². The summed E-state index contributed by atoms with van der Waals surface area (Å²) in [6.07, 6.45) is 18.8. The van der Waals surface area contributed by atoms with Crippen LogP contribution in [-0.4, -0.2) is 12.1 Å². The van der Waals surface area contributed by atoms with Crippen LogP contribution in [0.25, 0.3) is 0 Å². The van der Waals surface area contributed by atoms with Crippen LogP contribution in [0.2, 0.25) is 0 Å². The average Bonchev–Trinajstić information content (AvgIpc) is 2.23. The molecule has 1 fully saturated rings. The van der Waals surface area contributed by atoms with E-state index in [2.05, 4.69) is 17.5 Å². The van der Waals surface area contributed by atoms with Crippen molar-refractivity contribution in [3.8, 4) is 0 Å². The first-order valence-corrected chi connectivity index (χ1v) is 6.88. The molecule has 15 heavy (non-hydrogen) atoms. The van der Waals surface area contributed by atoms with E-state index in [1.807, 2.05) is 0 Å². The third-order valence-electron chi connectivity index (χ3n) is 3.81. The molecule has 0 aromatic heterocycles. The van der Waals surface area contributed by atoms with Gasteiger partial charge in [0.25, 0.3) is 0 Å². The van der Waals surface area contributed by atoms with Gasteiger partial charge in [0.05, 0.1) is 0 Å². The molecule has 0 heterocycles. The molecule has 1 unspecified atom stereocenters. The van der Waals surface area contributed by atoms with Crippen molar-refractivity contribution < 1.29 is 0 Å². The molecular formula is C14H25N. The summed E-state index contributed by atoms with van der Waals surface area (Å²) >= 11 is 0. The van der Waals surface area contributed by atoms with Crippen molar-refractivity contribution in [3.05, 3.63) is 12.2 Å². The molecule has 86 valence electrons. The molecule has 0 aliphatic heterocycles. The zero-order chi connectivity index (χ0) is 10.3. The number of nitrogens with one attached hydrogen (secondary N) is 1. The maximum absolute atomic E-state index is 3.84. The molecule has 1 nitrogen and oxygen atoms in total. The third-order valence-corrected chi connectivity index (χ3v) is 3.81. The van der Waals surface area contributed by atoms with E-state index in [1.165, 1.54) is 64.2 Å². The molecule has 0 aromatic rings. The van der Waals surface area contributed by atoms with Gasteiger partial charge in [0.1, 0.15) is 0 Å². The molecule has 1 N–H and O–H groups in total. The van der Waals surface area contributed by atoms with Gasteiger partial charge in [0.15, 0.2) is 0 Å². The number of hydrogen-bond donors (Lipinski definition) is 1. The fourth-order valence-electron chi connectivity index (χ4n) is 2.88. The molecule has 0 bridgehead atoms. The normalized spacial score (nSPS) is 29.7. The quantitative estimate of drug-likeness (QED) is 0.679. The van der Waals surface area contributed by atoms with Crippen molar-refractivity contribution >= 4 is 0 Å². The Kier molecular flexibility index (Phi) is 4.72. The second-order valence-corrected chi connectivity index (χ2v) is 5.17. The Hall–Kier alpha value is -0.300. The van der Waals surface area contributed by atoms with E-state index in [0.29, 0.717) is 6.04 Å². The van der Waals surface area contributed by atoms with Crippen LogP contribution >= 0.6 is 0 Å². The second-order valence-electron chi connectivity index (χ2n) is 5.17. The van der Waals surface area contributed by atoms with Crippen molar-refractivity contribution in [2.45, 2.75) is 76.3 Å². The lowest BCUT2D eigenvalue weighted by Crippen LogP contribution is -2.38. The molecule has 0 amide bonds. The first-order valence-electron chi connectivity index (χ1n) is 6.88. The highest BCUT2D eigenvalue weighted by atomic mass is 14.9. The van der Waals surface area contributed by atoms with Gasteiger partial charge in [-0.3, -0.25) is 0 Å². The Morgan fingerprint density at radius 3 is 2.20 bits per heavy atom. The smallest absolute Gasteiger partial charge is 0.0252 e. The van der Waals surface area contributed by atoms with Gasteiger partial charge in [-0.1, -0.05) is 44.3 Å². The van der Waals surface area contributed by atoms with Crippen LogP contribution in [-0.2, 0) is 0 Å². The van der Waals surface area contributed by atoms with Crippen LogP contribution in [0.3, 0.4) is 0 Å². The molecule has 0 radical (unpaired) electrons. The molecule has 0 aromatic carbocycles. The maximum Gasteiger partial charge on any atom is 0.0252 e. The van der Waals surface area contributed by atoms with E-state index in [-0.39, 0.29) is 0 Å². The van der Waals surface area contributed by atoms with Crippen LogP contribution < -0.4 is 5.32 Å². The van der Waals surface area contributed by atoms with Crippen molar-refractivity contribution in [2.75, 3.05) is 0 Å². The molecular weight excluding hydrogens is 182 g/mol. The van der Waals surface area contributed by atoms with E-state index in [0.717, 1.165) is 6.04 Å². The van der Waals surface area contributed by atoms with Crippen molar-refractivity contribution in [1.82, 2.24) is 5.32 Å². The highest BCUT2D eigenvalue weighted by molar-refractivity contribution is 4.98. The largest absolute Gasteiger partial charge is 0.308 e. The SMILES string of the molecule is C1=CC(NC2CCCCCCC2)CCC1. The van der Waals surface area contributed by atoms with Crippen molar-refractivity contribution in [2.24, 2.45) is 0 Å². The lowest BCUT2D eigenvalue weighted by atomic mass is 9.94. The van der Waals surface area contributed by atoms with E-state index < -0.39 is 0 Å². The van der Waals surface area contributed by atoms with Gasteiger partial charge in [0.2, 0.25) is 0 Å². The molecule has 1 saturated carbocycles. The van der Waals surface area contributed by atoms with Gasteiger partial charge in [-0.2, -0.15) is 0 Å². The number of allylic oxidation sites excluding steroid dienone is 1. The molecule has 1 heteroatoms. The standard InChI is InChI=1S/C14H25N/c1-2-5-9-13(10-6-3-1)15-14-11-7-4-8-12-14/h7,11,13-15H,1-6,8-10,12H2. The second kappa shape index (κ2) is 6.32. The van der Waals surface area contributed by atoms with Gasteiger partial charge in [0, 0.05) is 12.1 Å². The third kappa shape index (κ3) is 3.98. The molecule has 0 saturated heterocycles. The van der Waals surface area contributed by atoms with Crippen molar-refractivity contribution in [3.63, 3.8) is 0 Å². The van der Waals surface area contributed by atoms with E-state index in [9.17, 15) is 0 Å². The highest BCUT2D eigenvalue weighted by Gasteiger charge is 2.15. The van der Waals surface area contributed by atoms with Gasteiger partial charge in [-0.25, -0.2) is 0 Å². The topological polar surface area (TPSA) is 12.0 Å². The van der Waals surface area contributed by atoms with Gasteiger partial charge >= 0.3 is 0 Å². The van der Waals surface area contributed by atoms with Gasteiger partial charge in [-0.15, -0.1) is 0 Å². The highest BCUT2D eigenvalue weighted by Crippen LogP contribution is 2.19. The van der Waals surface area contributed by atoms with Crippen LogP contribution in [0, 0.1) is 0 Å². The molecule has 2 aliphatic carbocycles. The molecule has 2 rings (SSSR count). The zero-order valence-corrected chi connectivity index (χ0v) is 9.88. The molecule has 1 atom stereocenters. The number of rotatable bonds is 2. The van der Waals surface area contributed by atoms with E-state index in [4.69, 9.17) is 0 Å². The molecule has 2 aliphatic rings. The van der Waals surface area contributed by atoms with Crippen molar-refractivity contribution in [1.29, 1.82) is 0 Å². The summed E-state index contributed by atoms with van der Waals surface area (Å²) in [7, 11) is 0. The van der Waals surface area contributed by atoms with Gasteiger partial charge in [-0.05, 0) is 32.1 Å². The fourth-order valence-corrected chi connectivity index (χ4v) is 2.88. The minimum Gasteiger partial charge on any atom is -0.308 e. The first kappa shape index (κ1) is 11.2. The monoisotopic (exact) mass is 207 g/mol. The zero-order valence-electron chi connectivity index (χ0n) is 9.88. The minimum absolute atomic E-state index is 0.683. The van der Waals surface area contributed by atoms with E-state index >= 15 is 0 Å². The van der Waals surface area contributed by atoms with Crippen LogP contribution in [0.1, 0.15) is 64.2 Å². The lowest BCUT2D eigenvalue weighted by molar-refractivity contribution is 0.359. The Balaban J connectivity index is 1.75. The molecule has 0 spiro atoms. The first-order chi connectivity index (χ1) is 7.45. The summed E-state index contributed by atoms with van der Waals surface area (Å²) in [5, 5.41) is 3.84. The van der Waals surface area contributed by atoms with Crippen LogP contribution in [0.4, 0.5) is 0 Å². The van der Waals surface area contributed by atoms with Gasteiger partial charge < -0.3 is 5.32 Å².